The molecule has 1 N–H and O–H groups in total. The lowest BCUT2D eigenvalue weighted by Crippen LogP contribution is -2.39. The average molecular weight is 369 g/mol. The molecular formula is C15H24Cl3N3O. The molecule has 0 aromatic heterocycles. The van der Waals surface area contributed by atoms with Crippen molar-refractivity contribution < 1.29 is 4.79 Å². The molecular weight excluding hydrogens is 345 g/mol. The summed E-state index contributed by atoms with van der Waals surface area (Å²) in [6.07, 6.45) is 1.03. The first-order valence-corrected chi connectivity index (χ1v) is 7.46. The van der Waals surface area contributed by atoms with Gasteiger partial charge in [0, 0.05) is 37.7 Å². The van der Waals surface area contributed by atoms with Gasteiger partial charge in [0.2, 0.25) is 5.91 Å². The number of amides is 1. The summed E-state index contributed by atoms with van der Waals surface area (Å²) in [4.78, 5) is 16.2. The second kappa shape index (κ2) is 11.1. The molecule has 0 unspecified atom stereocenters. The van der Waals surface area contributed by atoms with Gasteiger partial charge >= 0.3 is 0 Å². The van der Waals surface area contributed by atoms with Gasteiger partial charge in [0.1, 0.15) is 0 Å². The molecule has 1 saturated heterocycles. The van der Waals surface area contributed by atoms with E-state index in [0.29, 0.717) is 6.54 Å². The Hall–Kier alpha value is -0.520. The van der Waals surface area contributed by atoms with Crippen molar-refractivity contribution in [1.29, 1.82) is 0 Å². The number of carbonyl (C=O) groups is 1. The summed E-state index contributed by atoms with van der Waals surface area (Å²) in [5.41, 5.74) is 1.27. The van der Waals surface area contributed by atoms with Crippen LogP contribution in [0.15, 0.2) is 24.3 Å². The Kier molecular flexibility index (Phi) is 10.8. The van der Waals surface area contributed by atoms with Crippen LogP contribution in [0, 0.1) is 0 Å². The lowest BCUT2D eigenvalue weighted by atomic mass is 10.2. The van der Waals surface area contributed by atoms with Crippen LogP contribution in [0.5, 0.6) is 0 Å². The van der Waals surface area contributed by atoms with Crippen LogP contribution in [0.25, 0.3) is 0 Å². The van der Waals surface area contributed by atoms with Crippen molar-refractivity contribution in [2.75, 3.05) is 39.8 Å². The van der Waals surface area contributed by atoms with Crippen LogP contribution in [-0.4, -0.2) is 55.5 Å². The fourth-order valence-electron chi connectivity index (χ4n) is 2.49. The summed E-state index contributed by atoms with van der Waals surface area (Å²) in [6.45, 7) is 4.98. The van der Waals surface area contributed by atoms with E-state index < -0.39 is 0 Å². The summed E-state index contributed by atoms with van der Waals surface area (Å²) < 4.78 is 0. The first-order chi connectivity index (χ1) is 9.69. The monoisotopic (exact) mass is 367 g/mol. The van der Waals surface area contributed by atoms with Gasteiger partial charge in [-0.1, -0.05) is 23.7 Å². The predicted molar refractivity (Wildman–Crippen MR) is 96.3 cm³/mol. The van der Waals surface area contributed by atoms with Gasteiger partial charge in [0.15, 0.2) is 0 Å². The van der Waals surface area contributed by atoms with Crippen molar-refractivity contribution in [1.82, 2.24) is 15.1 Å². The lowest BCUT2D eigenvalue weighted by molar-refractivity contribution is -0.130. The third-order valence-corrected chi connectivity index (χ3v) is 3.84. The van der Waals surface area contributed by atoms with Gasteiger partial charge in [-0.15, -0.1) is 24.8 Å². The second-order valence-electron chi connectivity index (χ2n) is 5.17. The van der Waals surface area contributed by atoms with E-state index in [1.165, 1.54) is 5.56 Å². The average Bonchev–Trinajstić information content (AvgIpc) is 2.67. The Morgan fingerprint density at radius 3 is 2.45 bits per heavy atom. The van der Waals surface area contributed by atoms with Crippen LogP contribution in [0.3, 0.4) is 0 Å². The van der Waals surface area contributed by atoms with E-state index in [0.717, 1.165) is 44.2 Å². The second-order valence-corrected chi connectivity index (χ2v) is 5.60. The Morgan fingerprint density at radius 2 is 1.82 bits per heavy atom. The van der Waals surface area contributed by atoms with E-state index in [2.05, 4.69) is 22.3 Å². The predicted octanol–water partition coefficient (Wildman–Crippen LogP) is 2.44. The van der Waals surface area contributed by atoms with Crippen LogP contribution in [-0.2, 0) is 11.3 Å². The standard InChI is InChI=1S/C15H22ClN3O.2ClH/c1-17-11-15(20)19-8-2-7-18(9-10-19)12-13-3-5-14(16)6-4-13;;/h3-6,17H,2,7-12H2,1H3;2*1H. The highest BCUT2D eigenvalue weighted by molar-refractivity contribution is 6.30. The first kappa shape index (κ1) is 21.5. The quantitative estimate of drug-likeness (QED) is 0.886. The molecule has 1 aliphatic rings. The van der Waals surface area contributed by atoms with Crippen molar-refractivity contribution >= 4 is 42.3 Å². The zero-order valence-electron chi connectivity index (χ0n) is 12.8. The van der Waals surface area contributed by atoms with E-state index >= 15 is 0 Å². The van der Waals surface area contributed by atoms with Crippen LogP contribution >= 0.6 is 36.4 Å². The highest BCUT2D eigenvalue weighted by atomic mass is 35.5. The van der Waals surface area contributed by atoms with Crippen molar-refractivity contribution in [2.24, 2.45) is 0 Å². The minimum atomic E-state index is 0. The summed E-state index contributed by atoms with van der Waals surface area (Å²) in [5, 5.41) is 3.70. The zero-order valence-corrected chi connectivity index (χ0v) is 15.1. The Bertz CT molecular complexity index is 442. The molecule has 1 aromatic rings. The Balaban J connectivity index is 0.00000220. The molecule has 1 aromatic carbocycles. The van der Waals surface area contributed by atoms with Crippen molar-refractivity contribution in [2.45, 2.75) is 13.0 Å². The fraction of sp³-hybridized carbons (Fsp3) is 0.533. The molecule has 0 spiro atoms. The third kappa shape index (κ3) is 6.71. The highest BCUT2D eigenvalue weighted by Crippen LogP contribution is 2.13. The molecule has 0 atom stereocenters. The van der Waals surface area contributed by atoms with Crippen LogP contribution in [0.1, 0.15) is 12.0 Å². The molecule has 1 aliphatic heterocycles. The molecule has 2 rings (SSSR count). The van der Waals surface area contributed by atoms with Gasteiger partial charge in [-0.2, -0.15) is 0 Å². The Labute approximate surface area is 150 Å². The number of hydrogen-bond acceptors (Lipinski definition) is 3. The van der Waals surface area contributed by atoms with Gasteiger partial charge in [0.25, 0.3) is 0 Å². The number of benzene rings is 1. The molecule has 4 nitrogen and oxygen atoms in total. The van der Waals surface area contributed by atoms with Crippen LogP contribution < -0.4 is 5.32 Å². The van der Waals surface area contributed by atoms with E-state index in [-0.39, 0.29) is 30.7 Å². The summed E-state index contributed by atoms with van der Waals surface area (Å²) in [5.74, 6) is 0.195. The number of hydrogen-bond donors (Lipinski definition) is 1. The SMILES string of the molecule is CNCC(=O)N1CCCN(Cc2ccc(Cl)cc2)CC1.Cl.Cl. The molecule has 0 bridgehead atoms. The molecule has 22 heavy (non-hydrogen) atoms. The number of halogens is 3. The van der Waals surface area contributed by atoms with E-state index in [1.807, 2.05) is 24.1 Å². The minimum Gasteiger partial charge on any atom is -0.340 e. The maximum atomic E-state index is 11.9. The van der Waals surface area contributed by atoms with Crippen LogP contribution in [0.2, 0.25) is 5.02 Å². The third-order valence-electron chi connectivity index (χ3n) is 3.59. The summed E-state index contributed by atoms with van der Waals surface area (Å²) >= 11 is 5.90. The number of carbonyl (C=O) groups excluding carboxylic acids is 1. The highest BCUT2D eigenvalue weighted by Gasteiger charge is 2.18. The van der Waals surface area contributed by atoms with E-state index in [4.69, 9.17) is 11.6 Å². The number of rotatable bonds is 4. The molecule has 0 saturated carbocycles. The normalized spacial score (nSPS) is 15.5. The van der Waals surface area contributed by atoms with Crippen molar-refractivity contribution in [3.05, 3.63) is 34.9 Å². The number of nitrogens with zero attached hydrogens (tertiary/aromatic N) is 2. The first-order valence-electron chi connectivity index (χ1n) is 7.08. The van der Waals surface area contributed by atoms with Crippen molar-refractivity contribution in [3.63, 3.8) is 0 Å². The maximum absolute atomic E-state index is 11.9. The lowest BCUT2D eigenvalue weighted by Gasteiger charge is -2.22. The minimum absolute atomic E-state index is 0. The smallest absolute Gasteiger partial charge is 0.236 e. The van der Waals surface area contributed by atoms with Crippen LogP contribution in [0.4, 0.5) is 0 Å². The number of nitrogens with one attached hydrogen (secondary N) is 1. The molecule has 1 heterocycles. The summed E-state index contributed by atoms with van der Waals surface area (Å²) in [6, 6.07) is 7.99. The molecule has 1 fully saturated rings. The van der Waals surface area contributed by atoms with Gasteiger partial charge in [-0.3, -0.25) is 9.69 Å². The fourth-order valence-corrected chi connectivity index (χ4v) is 2.62. The molecule has 1 amide bonds. The van der Waals surface area contributed by atoms with Crippen molar-refractivity contribution in [3.8, 4) is 0 Å². The largest absolute Gasteiger partial charge is 0.340 e. The van der Waals surface area contributed by atoms with Gasteiger partial charge < -0.3 is 10.2 Å². The molecule has 0 radical (unpaired) electrons. The van der Waals surface area contributed by atoms with Gasteiger partial charge in [-0.25, -0.2) is 0 Å². The molecule has 126 valence electrons. The summed E-state index contributed by atoms with van der Waals surface area (Å²) in [7, 11) is 1.81. The van der Waals surface area contributed by atoms with Gasteiger partial charge in [0.05, 0.1) is 6.54 Å². The Morgan fingerprint density at radius 1 is 1.14 bits per heavy atom. The maximum Gasteiger partial charge on any atom is 0.236 e. The topological polar surface area (TPSA) is 35.6 Å². The number of likely N-dealkylation sites (N-methyl/N-ethyl adjacent to an activating group) is 1. The zero-order chi connectivity index (χ0) is 14.4. The van der Waals surface area contributed by atoms with Gasteiger partial charge in [-0.05, 0) is 31.2 Å². The van der Waals surface area contributed by atoms with E-state index in [1.54, 1.807) is 0 Å². The van der Waals surface area contributed by atoms with E-state index in [9.17, 15) is 4.79 Å². The molecule has 7 heteroatoms. The molecule has 0 aliphatic carbocycles.